The Morgan fingerprint density at radius 1 is 1.03 bits per heavy atom. The maximum absolute atomic E-state index is 13.4. The van der Waals surface area contributed by atoms with Crippen molar-refractivity contribution in [1.82, 2.24) is 9.97 Å². The second-order valence-electron chi connectivity index (χ2n) is 6.65. The Morgan fingerprint density at radius 3 is 2.38 bits per heavy atom. The van der Waals surface area contributed by atoms with Crippen LogP contribution >= 0.6 is 22.6 Å². The van der Waals surface area contributed by atoms with Gasteiger partial charge in [-0.05, 0) is 70.8 Å². The van der Waals surface area contributed by atoms with Crippen molar-refractivity contribution >= 4 is 45.7 Å². The summed E-state index contributed by atoms with van der Waals surface area (Å²) in [6.45, 7) is 4.26. The minimum Gasteiger partial charge on any atom is -0.340 e. The van der Waals surface area contributed by atoms with Gasteiger partial charge in [0.05, 0.1) is 0 Å². The van der Waals surface area contributed by atoms with Crippen LogP contribution in [0.15, 0.2) is 54.7 Å². The molecule has 0 aliphatic heterocycles. The van der Waals surface area contributed by atoms with Crippen LogP contribution < -0.4 is 10.6 Å². The van der Waals surface area contributed by atoms with Gasteiger partial charge in [0.1, 0.15) is 11.4 Å². The van der Waals surface area contributed by atoms with E-state index in [1.54, 1.807) is 18.2 Å². The summed E-state index contributed by atoms with van der Waals surface area (Å²) in [5, 5.41) is 5.74. The third kappa shape index (κ3) is 5.59. The molecule has 0 saturated heterocycles. The average molecular weight is 512 g/mol. The predicted octanol–water partition coefficient (Wildman–Crippen LogP) is 7.10. The van der Waals surface area contributed by atoms with Gasteiger partial charge in [-0.25, -0.2) is 4.98 Å². The largest absolute Gasteiger partial charge is 0.421 e. The van der Waals surface area contributed by atoms with Crippen LogP contribution in [0.5, 0.6) is 0 Å². The number of halogens is 4. The highest BCUT2D eigenvalue weighted by Crippen LogP contribution is 2.35. The Labute approximate surface area is 181 Å². The third-order valence-electron chi connectivity index (χ3n) is 4.53. The first-order valence-electron chi connectivity index (χ1n) is 9.10. The molecule has 8 heteroatoms. The Hall–Kier alpha value is -2.36. The number of aromatic nitrogens is 2. The van der Waals surface area contributed by atoms with E-state index in [2.05, 4.69) is 57.0 Å². The molecule has 1 atom stereocenters. The molecule has 3 rings (SSSR count). The maximum atomic E-state index is 13.4. The molecule has 1 unspecified atom stereocenters. The van der Waals surface area contributed by atoms with E-state index in [-0.39, 0.29) is 11.8 Å². The zero-order chi connectivity index (χ0) is 21.0. The van der Waals surface area contributed by atoms with Crippen molar-refractivity contribution in [3.63, 3.8) is 0 Å². The van der Waals surface area contributed by atoms with Crippen molar-refractivity contribution < 1.29 is 13.2 Å². The molecule has 0 spiro atoms. The molecule has 3 aromatic rings. The first-order chi connectivity index (χ1) is 13.8. The number of alkyl halides is 3. The van der Waals surface area contributed by atoms with Crippen molar-refractivity contribution in [2.45, 2.75) is 32.4 Å². The molecule has 0 radical (unpaired) electrons. The molecule has 0 saturated carbocycles. The van der Waals surface area contributed by atoms with Gasteiger partial charge in [-0.1, -0.05) is 32.0 Å². The van der Waals surface area contributed by atoms with E-state index in [0.29, 0.717) is 17.3 Å². The number of nitrogens with zero attached hydrogens (tertiary/aromatic N) is 2. The van der Waals surface area contributed by atoms with Gasteiger partial charge in [-0.2, -0.15) is 18.2 Å². The number of hydrogen-bond donors (Lipinski definition) is 2. The van der Waals surface area contributed by atoms with Gasteiger partial charge in [0.2, 0.25) is 5.95 Å². The third-order valence-corrected chi connectivity index (χ3v) is 5.20. The van der Waals surface area contributed by atoms with E-state index in [1.807, 2.05) is 30.3 Å². The zero-order valence-corrected chi connectivity index (χ0v) is 18.0. The van der Waals surface area contributed by atoms with Crippen LogP contribution in [0.25, 0.3) is 0 Å². The number of hydrogen-bond acceptors (Lipinski definition) is 4. The Morgan fingerprint density at radius 2 is 1.76 bits per heavy atom. The van der Waals surface area contributed by atoms with Gasteiger partial charge in [0.25, 0.3) is 0 Å². The lowest BCUT2D eigenvalue weighted by Crippen LogP contribution is -2.12. The Kier molecular flexibility index (Phi) is 6.61. The molecule has 0 bridgehead atoms. The van der Waals surface area contributed by atoms with Crippen LogP contribution in [0, 0.1) is 3.57 Å². The number of rotatable bonds is 6. The van der Waals surface area contributed by atoms with Crippen LogP contribution in [-0.4, -0.2) is 9.97 Å². The summed E-state index contributed by atoms with van der Waals surface area (Å²) in [6, 6.07) is 14.8. The fourth-order valence-electron chi connectivity index (χ4n) is 2.71. The topological polar surface area (TPSA) is 49.8 Å². The minimum absolute atomic E-state index is 0.0856. The first kappa shape index (κ1) is 21.4. The fraction of sp³-hybridized carbons (Fsp3) is 0.238. The monoisotopic (exact) mass is 512 g/mol. The van der Waals surface area contributed by atoms with Crippen LogP contribution in [0.1, 0.15) is 37.3 Å². The first-order valence-corrected chi connectivity index (χ1v) is 10.2. The van der Waals surface area contributed by atoms with Gasteiger partial charge in [0, 0.05) is 21.1 Å². The summed E-state index contributed by atoms with van der Waals surface area (Å²) < 4.78 is 41.1. The normalized spacial score (nSPS) is 12.5. The molecule has 1 aromatic heterocycles. The summed E-state index contributed by atoms with van der Waals surface area (Å²) >= 11 is 2.10. The lowest BCUT2D eigenvalue weighted by molar-refractivity contribution is -0.137. The Balaban J connectivity index is 1.88. The molecule has 0 fully saturated rings. The van der Waals surface area contributed by atoms with Crippen molar-refractivity contribution in [2.75, 3.05) is 10.6 Å². The van der Waals surface area contributed by atoms with Gasteiger partial charge in [0.15, 0.2) is 0 Å². The van der Waals surface area contributed by atoms with Crippen molar-refractivity contribution in [3.8, 4) is 0 Å². The predicted molar refractivity (Wildman–Crippen MR) is 118 cm³/mol. The summed E-state index contributed by atoms with van der Waals surface area (Å²) in [5.41, 5.74) is 1.50. The van der Waals surface area contributed by atoms with E-state index >= 15 is 0 Å². The molecule has 0 aliphatic carbocycles. The quantitative estimate of drug-likeness (QED) is 0.346. The van der Waals surface area contributed by atoms with Crippen molar-refractivity contribution in [1.29, 1.82) is 0 Å². The standard InChI is InChI=1S/C21H20F3IN4/c1-3-13(2)14-7-9-16(10-8-14)28-20-26-12-18(21(22,23)24)19(29-20)27-17-6-4-5-15(25)11-17/h4-13H,3H2,1-2H3,(H2,26,27,28,29). The molecule has 2 aromatic carbocycles. The summed E-state index contributed by atoms with van der Waals surface area (Å²) in [4.78, 5) is 7.93. The SMILES string of the molecule is CCC(C)c1ccc(Nc2ncc(C(F)(F)F)c(Nc3cccc(I)c3)n2)cc1. The maximum Gasteiger partial charge on any atom is 0.421 e. The number of anilines is 4. The van der Waals surface area contributed by atoms with Gasteiger partial charge >= 0.3 is 6.18 Å². The van der Waals surface area contributed by atoms with E-state index in [4.69, 9.17) is 0 Å². The van der Waals surface area contributed by atoms with Crippen LogP contribution in [0.2, 0.25) is 0 Å². The molecule has 0 aliphatic rings. The molecule has 29 heavy (non-hydrogen) atoms. The van der Waals surface area contributed by atoms with Gasteiger partial charge in [-0.3, -0.25) is 0 Å². The minimum atomic E-state index is -4.57. The van der Waals surface area contributed by atoms with Gasteiger partial charge < -0.3 is 10.6 Å². The van der Waals surface area contributed by atoms with Crippen molar-refractivity contribution in [3.05, 3.63) is 69.4 Å². The highest BCUT2D eigenvalue weighted by Gasteiger charge is 2.35. The van der Waals surface area contributed by atoms with E-state index in [1.165, 1.54) is 5.56 Å². The molecule has 152 valence electrons. The molecule has 4 nitrogen and oxygen atoms in total. The van der Waals surface area contributed by atoms with E-state index in [9.17, 15) is 13.2 Å². The fourth-order valence-corrected chi connectivity index (χ4v) is 3.25. The van der Waals surface area contributed by atoms with Gasteiger partial charge in [-0.15, -0.1) is 0 Å². The summed E-state index contributed by atoms with van der Waals surface area (Å²) in [5.74, 6) is 0.228. The highest BCUT2D eigenvalue weighted by atomic mass is 127. The molecule has 2 N–H and O–H groups in total. The number of nitrogens with one attached hydrogen (secondary N) is 2. The number of benzene rings is 2. The van der Waals surface area contributed by atoms with Crippen LogP contribution in [0.4, 0.5) is 36.3 Å². The highest BCUT2D eigenvalue weighted by molar-refractivity contribution is 14.1. The molecular weight excluding hydrogens is 492 g/mol. The van der Waals surface area contributed by atoms with E-state index in [0.717, 1.165) is 16.2 Å². The Bertz CT molecular complexity index is 974. The summed E-state index contributed by atoms with van der Waals surface area (Å²) in [6.07, 6.45) is -2.75. The second kappa shape index (κ2) is 8.98. The average Bonchev–Trinajstić information content (AvgIpc) is 2.67. The van der Waals surface area contributed by atoms with Crippen LogP contribution in [-0.2, 0) is 6.18 Å². The van der Waals surface area contributed by atoms with Crippen LogP contribution in [0.3, 0.4) is 0 Å². The molecule has 1 heterocycles. The second-order valence-corrected chi connectivity index (χ2v) is 7.89. The smallest absolute Gasteiger partial charge is 0.340 e. The summed E-state index contributed by atoms with van der Waals surface area (Å²) in [7, 11) is 0. The molecular formula is C21H20F3IN4. The molecule has 0 amide bonds. The lowest BCUT2D eigenvalue weighted by Gasteiger charge is -2.15. The zero-order valence-electron chi connectivity index (χ0n) is 15.9. The van der Waals surface area contributed by atoms with E-state index < -0.39 is 11.7 Å². The van der Waals surface area contributed by atoms with Crippen molar-refractivity contribution in [2.24, 2.45) is 0 Å². The lowest BCUT2D eigenvalue weighted by atomic mass is 9.99.